The monoisotopic (exact) mass is 606 g/mol. The SMILES string of the molecule is CCC(C)C(NC(=O)CCCC(N)COCc1ccc(C)c(OCCCOC)c1)C(=O)NNc1ccc(F)cc1.CCO. The lowest BCUT2D eigenvalue weighted by Gasteiger charge is -2.24. The smallest absolute Gasteiger partial charge is 0.261 e. The van der Waals surface area contributed by atoms with Gasteiger partial charge >= 0.3 is 0 Å². The molecule has 2 rings (SSSR count). The molecule has 0 aliphatic rings. The van der Waals surface area contributed by atoms with Crippen LogP contribution in [-0.2, 0) is 25.7 Å². The van der Waals surface area contributed by atoms with Crippen LogP contribution in [0.25, 0.3) is 0 Å². The maximum Gasteiger partial charge on any atom is 0.261 e. The van der Waals surface area contributed by atoms with Gasteiger partial charge in [0.15, 0.2) is 0 Å². The summed E-state index contributed by atoms with van der Waals surface area (Å²) in [4.78, 5) is 25.3. The van der Waals surface area contributed by atoms with Crippen molar-refractivity contribution in [3.63, 3.8) is 0 Å². The van der Waals surface area contributed by atoms with Crippen molar-refractivity contribution in [2.45, 2.75) is 78.5 Å². The number of carbonyl (C=O) groups excluding carboxylic acids is 2. The predicted molar refractivity (Wildman–Crippen MR) is 167 cm³/mol. The number of aliphatic hydroxyl groups is 1. The van der Waals surface area contributed by atoms with E-state index in [0.717, 1.165) is 23.3 Å². The van der Waals surface area contributed by atoms with Gasteiger partial charge in [0.2, 0.25) is 5.91 Å². The van der Waals surface area contributed by atoms with Crippen molar-refractivity contribution in [1.82, 2.24) is 10.7 Å². The Bertz CT molecular complexity index is 1060. The summed E-state index contributed by atoms with van der Waals surface area (Å²) in [7, 11) is 1.67. The van der Waals surface area contributed by atoms with E-state index < -0.39 is 6.04 Å². The summed E-state index contributed by atoms with van der Waals surface area (Å²) < 4.78 is 29.8. The molecule has 11 heteroatoms. The summed E-state index contributed by atoms with van der Waals surface area (Å²) in [6, 6.07) is 10.7. The molecule has 0 aliphatic carbocycles. The number of hydrazine groups is 1. The van der Waals surface area contributed by atoms with Gasteiger partial charge in [0.25, 0.3) is 5.91 Å². The first-order valence-corrected chi connectivity index (χ1v) is 14.9. The van der Waals surface area contributed by atoms with Crippen LogP contribution in [-0.4, -0.2) is 62.5 Å². The van der Waals surface area contributed by atoms with Crippen LogP contribution >= 0.6 is 0 Å². The summed E-state index contributed by atoms with van der Waals surface area (Å²) in [6.45, 7) is 9.83. The van der Waals surface area contributed by atoms with E-state index in [1.165, 1.54) is 24.3 Å². The Morgan fingerprint density at radius 2 is 1.77 bits per heavy atom. The fourth-order valence-electron chi connectivity index (χ4n) is 3.90. The minimum Gasteiger partial charge on any atom is -0.493 e. The minimum absolute atomic E-state index is 0.0762. The van der Waals surface area contributed by atoms with Crippen molar-refractivity contribution >= 4 is 17.5 Å². The minimum atomic E-state index is -0.703. The quantitative estimate of drug-likeness (QED) is 0.118. The number of methoxy groups -OCH3 is 1. The zero-order chi connectivity index (χ0) is 32.0. The first-order valence-electron chi connectivity index (χ1n) is 14.9. The molecule has 43 heavy (non-hydrogen) atoms. The van der Waals surface area contributed by atoms with Gasteiger partial charge in [-0.3, -0.25) is 20.4 Å². The predicted octanol–water partition coefficient (Wildman–Crippen LogP) is 4.24. The van der Waals surface area contributed by atoms with Gasteiger partial charge in [-0.05, 0) is 74.1 Å². The average Bonchev–Trinajstić information content (AvgIpc) is 2.99. The van der Waals surface area contributed by atoms with Crippen molar-refractivity contribution in [3.05, 3.63) is 59.4 Å². The van der Waals surface area contributed by atoms with Crippen molar-refractivity contribution in [2.75, 3.05) is 39.0 Å². The Labute approximate surface area is 255 Å². The summed E-state index contributed by atoms with van der Waals surface area (Å²) in [5.74, 6) is -0.187. The number of carbonyl (C=O) groups is 2. The van der Waals surface area contributed by atoms with E-state index in [4.69, 9.17) is 25.1 Å². The molecular formula is C32H51FN4O6. The number of rotatable bonds is 19. The number of benzene rings is 2. The molecule has 10 nitrogen and oxygen atoms in total. The molecule has 0 saturated heterocycles. The van der Waals surface area contributed by atoms with Gasteiger partial charge < -0.3 is 30.4 Å². The zero-order valence-electron chi connectivity index (χ0n) is 26.3. The molecule has 2 aromatic carbocycles. The Hall–Kier alpha value is -3.25. The lowest BCUT2D eigenvalue weighted by atomic mass is 9.98. The number of nitrogens with two attached hydrogens (primary N) is 1. The number of nitrogens with one attached hydrogen (secondary N) is 3. The van der Waals surface area contributed by atoms with Gasteiger partial charge in [0, 0.05) is 39.2 Å². The Balaban J connectivity index is 0.00000295. The lowest BCUT2D eigenvalue weighted by Crippen LogP contribution is -2.51. The van der Waals surface area contributed by atoms with E-state index >= 15 is 0 Å². The van der Waals surface area contributed by atoms with E-state index in [9.17, 15) is 14.0 Å². The standard InChI is InChI=1S/C30H45FN4O5.C2H6O/c1-5-21(2)29(30(37)35-34-26-14-12-24(31)13-15-26)33-28(36)9-6-8-25(32)20-39-19-23-11-10-22(3)27(18-23)40-17-7-16-38-4;1-2-3/h10-15,18,21,25,29,34H,5-9,16-17,19-20,32H2,1-4H3,(H,33,36)(H,35,37);3H,2H2,1H3. The summed E-state index contributed by atoms with van der Waals surface area (Å²) in [6.07, 6.45) is 2.97. The topological polar surface area (TPSA) is 144 Å². The fourth-order valence-corrected chi connectivity index (χ4v) is 3.90. The van der Waals surface area contributed by atoms with Gasteiger partial charge in [-0.2, -0.15) is 0 Å². The summed E-state index contributed by atoms with van der Waals surface area (Å²) in [5.41, 5.74) is 14.2. The van der Waals surface area contributed by atoms with Gasteiger partial charge in [-0.25, -0.2) is 4.39 Å². The van der Waals surface area contributed by atoms with Crippen molar-refractivity contribution in [1.29, 1.82) is 0 Å². The molecule has 0 aromatic heterocycles. The van der Waals surface area contributed by atoms with Gasteiger partial charge in [0.05, 0.1) is 25.5 Å². The van der Waals surface area contributed by atoms with Gasteiger partial charge in [-0.15, -0.1) is 0 Å². The van der Waals surface area contributed by atoms with Crippen LogP contribution < -0.4 is 26.6 Å². The first-order chi connectivity index (χ1) is 20.6. The average molecular weight is 607 g/mol. The molecule has 0 bridgehead atoms. The van der Waals surface area contributed by atoms with Gasteiger partial charge in [-0.1, -0.05) is 32.4 Å². The number of amides is 2. The molecule has 0 aliphatic heterocycles. The highest BCUT2D eigenvalue weighted by Crippen LogP contribution is 2.20. The number of hydrogen-bond acceptors (Lipinski definition) is 8. The molecule has 2 amide bonds. The Kier molecular flexibility index (Phi) is 19.6. The molecular weight excluding hydrogens is 555 g/mol. The number of hydrogen-bond donors (Lipinski definition) is 5. The van der Waals surface area contributed by atoms with Crippen LogP contribution in [0.15, 0.2) is 42.5 Å². The number of ether oxygens (including phenoxy) is 3. The number of anilines is 1. The third-order valence-electron chi connectivity index (χ3n) is 6.57. The zero-order valence-corrected chi connectivity index (χ0v) is 26.3. The van der Waals surface area contributed by atoms with E-state index in [1.54, 1.807) is 14.0 Å². The number of aliphatic hydroxyl groups excluding tert-OH is 1. The molecule has 0 spiro atoms. The van der Waals surface area contributed by atoms with Crippen LogP contribution in [0.2, 0.25) is 0 Å². The summed E-state index contributed by atoms with van der Waals surface area (Å²) in [5, 5.41) is 10.4. The highest BCUT2D eigenvalue weighted by atomic mass is 19.1. The van der Waals surface area contributed by atoms with E-state index in [1.807, 2.05) is 39.0 Å². The van der Waals surface area contributed by atoms with Crippen molar-refractivity contribution < 1.29 is 33.3 Å². The van der Waals surface area contributed by atoms with E-state index in [0.29, 0.717) is 51.4 Å². The molecule has 3 unspecified atom stereocenters. The maximum atomic E-state index is 13.1. The van der Waals surface area contributed by atoms with Crippen molar-refractivity contribution in [2.24, 2.45) is 11.7 Å². The van der Waals surface area contributed by atoms with Crippen LogP contribution in [0.5, 0.6) is 5.75 Å². The molecule has 2 aromatic rings. The molecule has 6 N–H and O–H groups in total. The highest BCUT2D eigenvalue weighted by molar-refractivity contribution is 5.88. The second kappa shape index (κ2) is 22.3. The van der Waals surface area contributed by atoms with Crippen LogP contribution in [0.1, 0.15) is 64.0 Å². The fraction of sp³-hybridized carbons (Fsp3) is 0.562. The molecule has 242 valence electrons. The van der Waals surface area contributed by atoms with Crippen molar-refractivity contribution in [3.8, 4) is 5.75 Å². The Morgan fingerprint density at radius 3 is 2.42 bits per heavy atom. The van der Waals surface area contributed by atoms with Crippen LogP contribution in [0, 0.1) is 18.7 Å². The van der Waals surface area contributed by atoms with E-state index in [2.05, 4.69) is 16.2 Å². The normalized spacial score (nSPS) is 12.7. The van der Waals surface area contributed by atoms with E-state index in [-0.39, 0.29) is 42.6 Å². The number of halogens is 1. The molecule has 0 radical (unpaired) electrons. The summed E-state index contributed by atoms with van der Waals surface area (Å²) >= 11 is 0. The number of aryl methyl sites for hydroxylation is 1. The molecule has 0 heterocycles. The third kappa shape index (κ3) is 16.3. The van der Waals surface area contributed by atoms with Crippen LogP contribution in [0.3, 0.4) is 0 Å². The Morgan fingerprint density at radius 1 is 1.07 bits per heavy atom. The second-order valence-electron chi connectivity index (χ2n) is 10.3. The van der Waals surface area contributed by atoms with Gasteiger partial charge in [0.1, 0.15) is 17.6 Å². The molecule has 0 saturated carbocycles. The maximum absolute atomic E-state index is 13.1. The molecule has 3 atom stereocenters. The van der Waals surface area contributed by atoms with Crippen LogP contribution in [0.4, 0.5) is 10.1 Å². The highest BCUT2D eigenvalue weighted by Gasteiger charge is 2.25. The largest absolute Gasteiger partial charge is 0.493 e. The lowest BCUT2D eigenvalue weighted by molar-refractivity contribution is -0.130. The second-order valence-corrected chi connectivity index (χ2v) is 10.3. The first kappa shape index (κ1) is 37.8. The molecule has 0 fully saturated rings. The third-order valence-corrected chi connectivity index (χ3v) is 6.57.